The summed E-state index contributed by atoms with van der Waals surface area (Å²) in [6, 6.07) is 8.80. The van der Waals surface area contributed by atoms with Crippen LogP contribution >= 0.6 is 0 Å². The molecular formula is C19H32N4O2S. The Balaban J connectivity index is 1.52. The van der Waals surface area contributed by atoms with E-state index in [2.05, 4.69) is 47.9 Å². The van der Waals surface area contributed by atoms with Crippen molar-refractivity contribution in [1.82, 2.24) is 18.4 Å². The monoisotopic (exact) mass is 380 g/mol. The minimum absolute atomic E-state index is 0.548. The minimum Gasteiger partial charge on any atom is -0.304 e. The van der Waals surface area contributed by atoms with Crippen molar-refractivity contribution in [3.63, 3.8) is 0 Å². The van der Waals surface area contributed by atoms with Crippen LogP contribution in [0.3, 0.4) is 0 Å². The summed E-state index contributed by atoms with van der Waals surface area (Å²) in [5, 5.41) is 0. The zero-order valence-corrected chi connectivity index (χ0v) is 17.1. The predicted molar refractivity (Wildman–Crippen MR) is 105 cm³/mol. The molecule has 7 heteroatoms. The molecule has 26 heavy (non-hydrogen) atoms. The Bertz CT molecular complexity index is 674. The third-order valence-corrected chi connectivity index (χ3v) is 7.53. The predicted octanol–water partition coefficient (Wildman–Crippen LogP) is 1.42. The molecule has 0 bridgehead atoms. The Kier molecular flexibility index (Phi) is 6.35. The summed E-state index contributed by atoms with van der Waals surface area (Å²) < 4.78 is 29.0. The number of rotatable bonds is 5. The fourth-order valence-corrected chi connectivity index (χ4v) is 5.14. The lowest BCUT2D eigenvalue weighted by atomic mass is 10.0. The summed E-state index contributed by atoms with van der Waals surface area (Å²) in [6.45, 7) is 10.9. The molecule has 0 saturated carbocycles. The highest BCUT2D eigenvalue weighted by molar-refractivity contribution is 7.86. The van der Waals surface area contributed by atoms with Gasteiger partial charge >= 0.3 is 0 Å². The molecule has 0 aliphatic carbocycles. The van der Waals surface area contributed by atoms with Crippen molar-refractivity contribution in [2.24, 2.45) is 0 Å². The Morgan fingerprint density at radius 1 is 0.846 bits per heavy atom. The Morgan fingerprint density at radius 2 is 1.35 bits per heavy atom. The van der Waals surface area contributed by atoms with Gasteiger partial charge in [0.25, 0.3) is 10.2 Å². The quantitative estimate of drug-likeness (QED) is 0.775. The fourth-order valence-electron chi connectivity index (χ4n) is 3.57. The van der Waals surface area contributed by atoms with E-state index in [1.807, 2.05) is 7.05 Å². The summed E-state index contributed by atoms with van der Waals surface area (Å²) in [5.41, 5.74) is 2.65. The summed E-state index contributed by atoms with van der Waals surface area (Å²) >= 11 is 0. The second-order valence-electron chi connectivity index (χ2n) is 7.78. The van der Waals surface area contributed by atoms with Gasteiger partial charge in [0.15, 0.2) is 0 Å². The molecule has 2 fully saturated rings. The van der Waals surface area contributed by atoms with E-state index in [0.29, 0.717) is 32.1 Å². The highest BCUT2D eigenvalue weighted by Crippen LogP contribution is 2.18. The minimum atomic E-state index is -3.31. The van der Waals surface area contributed by atoms with Crippen molar-refractivity contribution in [1.29, 1.82) is 0 Å². The first-order chi connectivity index (χ1) is 12.4. The van der Waals surface area contributed by atoms with Gasteiger partial charge in [-0.25, -0.2) is 0 Å². The number of piperazine rings is 2. The van der Waals surface area contributed by atoms with Gasteiger partial charge in [0.1, 0.15) is 0 Å². The Hall–Kier alpha value is -0.990. The molecule has 0 atom stereocenters. The molecule has 0 radical (unpaired) electrons. The molecule has 2 aliphatic heterocycles. The first-order valence-electron chi connectivity index (χ1n) is 9.61. The van der Waals surface area contributed by atoms with Crippen LogP contribution in [-0.2, 0) is 16.8 Å². The van der Waals surface area contributed by atoms with E-state index < -0.39 is 10.2 Å². The maximum Gasteiger partial charge on any atom is 0.282 e. The van der Waals surface area contributed by atoms with Crippen LogP contribution < -0.4 is 0 Å². The summed E-state index contributed by atoms with van der Waals surface area (Å²) in [5.74, 6) is 0.548. The molecule has 6 nitrogen and oxygen atoms in total. The van der Waals surface area contributed by atoms with Gasteiger partial charge in [0, 0.05) is 58.9 Å². The molecule has 2 aliphatic rings. The number of nitrogens with zero attached hydrogens (tertiary/aromatic N) is 4. The van der Waals surface area contributed by atoms with Gasteiger partial charge in [-0.05, 0) is 24.1 Å². The van der Waals surface area contributed by atoms with Gasteiger partial charge in [-0.3, -0.25) is 4.90 Å². The molecule has 1 aromatic rings. The lowest BCUT2D eigenvalue weighted by Crippen LogP contribution is -2.56. The van der Waals surface area contributed by atoms with Crippen LogP contribution in [0.4, 0.5) is 0 Å². The van der Waals surface area contributed by atoms with Gasteiger partial charge < -0.3 is 4.90 Å². The van der Waals surface area contributed by atoms with Crippen molar-refractivity contribution >= 4 is 10.2 Å². The number of benzene rings is 1. The smallest absolute Gasteiger partial charge is 0.282 e. The second kappa shape index (κ2) is 8.35. The van der Waals surface area contributed by atoms with E-state index in [9.17, 15) is 8.42 Å². The average molecular weight is 381 g/mol. The van der Waals surface area contributed by atoms with Gasteiger partial charge in [-0.1, -0.05) is 38.1 Å². The zero-order valence-electron chi connectivity index (χ0n) is 16.3. The summed E-state index contributed by atoms with van der Waals surface area (Å²) in [7, 11) is -1.27. The SMILES string of the molecule is CC(C)c1ccc(CN2CCN(S(=O)(=O)N3CCN(C)CC3)CC2)cc1. The molecule has 3 rings (SSSR count). The van der Waals surface area contributed by atoms with E-state index in [4.69, 9.17) is 0 Å². The van der Waals surface area contributed by atoms with Crippen LogP contribution in [0.15, 0.2) is 24.3 Å². The van der Waals surface area contributed by atoms with Crippen LogP contribution in [0.25, 0.3) is 0 Å². The molecule has 0 aromatic heterocycles. The van der Waals surface area contributed by atoms with Crippen LogP contribution in [0, 0.1) is 0 Å². The summed E-state index contributed by atoms with van der Waals surface area (Å²) in [4.78, 5) is 4.52. The molecule has 2 heterocycles. The maximum atomic E-state index is 12.8. The van der Waals surface area contributed by atoms with Gasteiger partial charge in [0.05, 0.1) is 0 Å². The third-order valence-electron chi connectivity index (χ3n) is 5.50. The topological polar surface area (TPSA) is 47.1 Å². The Labute approximate surface area is 158 Å². The van der Waals surface area contributed by atoms with Crippen LogP contribution in [0.1, 0.15) is 30.9 Å². The van der Waals surface area contributed by atoms with E-state index in [0.717, 1.165) is 32.7 Å². The van der Waals surface area contributed by atoms with Gasteiger partial charge in [0.2, 0.25) is 0 Å². The van der Waals surface area contributed by atoms with Crippen LogP contribution in [0.5, 0.6) is 0 Å². The van der Waals surface area contributed by atoms with E-state index >= 15 is 0 Å². The van der Waals surface area contributed by atoms with Crippen molar-refractivity contribution in [3.05, 3.63) is 35.4 Å². The maximum absolute atomic E-state index is 12.8. The number of hydrogen-bond donors (Lipinski definition) is 0. The van der Waals surface area contributed by atoms with Crippen LogP contribution in [0.2, 0.25) is 0 Å². The number of likely N-dealkylation sites (N-methyl/N-ethyl adjacent to an activating group) is 1. The lowest BCUT2D eigenvalue weighted by Gasteiger charge is -2.39. The highest BCUT2D eigenvalue weighted by atomic mass is 32.2. The average Bonchev–Trinajstić information content (AvgIpc) is 2.63. The van der Waals surface area contributed by atoms with Crippen molar-refractivity contribution in [3.8, 4) is 0 Å². The molecule has 2 saturated heterocycles. The molecule has 0 N–H and O–H groups in total. The van der Waals surface area contributed by atoms with Gasteiger partial charge in [-0.15, -0.1) is 0 Å². The van der Waals surface area contributed by atoms with E-state index in [-0.39, 0.29) is 0 Å². The fraction of sp³-hybridized carbons (Fsp3) is 0.684. The molecule has 0 amide bonds. The zero-order chi connectivity index (χ0) is 18.7. The molecule has 1 aromatic carbocycles. The number of hydrogen-bond acceptors (Lipinski definition) is 4. The second-order valence-corrected chi connectivity index (χ2v) is 9.71. The van der Waals surface area contributed by atoms with E-state index in [1.54, 1.807) is 8.61 Å². The first kappa shape index (κ1) is 19.8. The van der Waals surface area contributed by atoms with Crippen molar-refractivity contribution in [2.45, 2.75) is 26.3 Å². The van der Waals surface area contributed by atoms with Gasteiger partial charge in [-0.2, -0.15) is 17.0 Å². The van der Waals surface area contributed by atoms with Crippen molar-refractivity contribution in [2.75, 3.05) is 59.4 Å². The van der Waals surface area contributed by atoms with E-state index in [1.165, 1.54) is 11.1 Å². The third kappa shape index (κ3) is 4.64. The van der Waals surface area contributed by atoms with Crippen molar-refractivity contribution < 1.29 is 8.42 Å². The highest BCUT2D eigenvalue weighted by Gasteiger charge is 2.33. The standard InChI is InChI=1S/C19H32N4O2S/c1-17(2)19-6-4-18(5-7-19)16-21-10-14-23(15-11-21)26(24,25)22-12-8-20(3)9-13-22/h4-7,17H,8-16H2,1-3H3. The molecule has 0 unspecified atom stereocenters. The normalized spacial score (nSPS) is 22.2. The molecule has 0 spiro atoms. The molecule has 146 valence electrons. The van der Waals surface area contributed by atoms with Crippen LogP contribution in [-0.4, -0.2) is 86.2 Å². The Morgan fingerprint density at radius 3 is 1.85 bits per heavy atom. The lowest BCUT2D eigenvalue weighted by molar-refractivity contribution is 0.165. The molecular weight excluding hydrogens is 348 g/mol. The summed E-state index contributed by atoms with van der Waals surface area (Å²) in [6.07, 6.45) is 0. The first-order valence-corrected chi connectivity index (χ1v) is 11.0. The largest absolute Gasteiger partial charge is 0.304 e.